The van der Waals surface area contributed by atoms with Gasteiger partial charge in [0, 0.05) is 17.1 Å². The maximum Gasteiger partial charge on any atom is 0.237 e. The lowest BCUT2D eigenvalue weighted by atomic mass is 10.2. The van der Waals surface area contributed by atoms with E-state index in [0.717, 1.165) is 17.0 Å². The van der Waals surface area contributed by atoms with E-state index >= 15 is 0 Å². The van der Waals surface area contributed by atoms with Crippen molar-refractivity contribution in [3.8, 4) is 0 Å². The smallest absolute Gasteiger partial charge is 0.237 e. The third kappa shape index (κ3) is 4.28. The molecule has 0 aliphatic carbocycles. The van der Waals surface area contributed by atoms with E-state index in [1.54, 1.807) is 26.0 Å². The first-order valence-electron chi connectivity index (χ1n) is 7.33. The molecule has 1 heterocycles. The van der Waals surface area contributed by atoms with Crippen LogP contribution in [-0.2, 0) is 4.79 Å². The molecule has 0 spiro atoms. The van der Waals surface area contributed by atoms with Crippen LogP contribution in [0.2, 0.25) is 0 Å². The van der Waals surface area contributed by atoms with E-state index in [-0.39, 0.29) is 17.0 Å². The van der Waals surface area contributed by atoms with Crippen molar-refractivity contribution in [2.45, 2.75) is 45.0 Å². The second-order valence-corrected chi connectivity index (χ2v) is 6.82. The van der Waals surface area contributed by atoms with Crippen LogP contribution in [0.1, 0.15) is 29.4 Å². The fourth-order valence-electron chi connectivity index (χ4n) is 1.92. The van der Waals surface area contributed by atoms with Crippen LogP contribution in [-0.4, -0.2) is 21.1 Å². The van der Waals surface area contributed by atoms with Gasteiger partial charge in [0.15, 0.2) is 5.16 Å². The van der Waals surface area contributed by atoms with Crippen molar-refractivity contribution in [3.05, 3.63) is 46.5 Å². The number of rotatable bonds is 4. The van der Waals surface area contributed by atoms with E-state index in [2.05, 4.69) is 15.3 Å². The van der Waals surface area contributed by atoms with Crippen molar-refractivity contribution in [1.82, 2.24) is 9.97 Å². The minimum absolute atomic E-state index is 0.210. The predicted molar refractivity (Wildman–Crippen MR) is 91.3 cm³/mol. The third-order valence-electron chi connectivity index (χ3n) is 3.70. The van der Waals surface area contributed by atoms with E-state index < -0.39 is 0 Å². The number of nitrogens with one attached hydrogen (secondary N) is 1. The van der Waals surface area contributed by atoms with Crippen LogP contribution in [0, 0.1) is 33.5 Å². The number of halogens is 1. The lowest BCUT2D eigenvalue weighted by Crippen LogP contribution is -2.23. The monoisotopic (exact) mass is 333 g/mol. The summed E-state index contributed by atoms with van der Waals surface area (Å²) in [5.41, 5.74) is 3.87. The highest BCUT2D eigenvalue weighted by molar-refractivity contribution is 8.00. The van der Waals surface area contributed by atoms with Crippen LogP contribution in [0.5, 0.6) is 0 Å². The molecule has 4 nitrogen and oxygen atoms in total. The Bertz CT molecular complexity index is 726. The highest BCUT2D eigenvalue weighted by atomic mass is 32.2. The molecule has 23 heavy (non-hydrogen) atoms. The number of anilines is 1. The number of carbonyl (C=O) groups excluding carboxylic acids is 1. The number of carbonyl (C=O) groups is 1. The lowest BCUT2D eigenvalue weighted by molar-refractivity contribution is -0.115. The summed E-state index contributed by atoms with van der Waals surface area (Å²) >= 11 is 1.29. The maximum atomic E-state index is 13.5. The third-order valence-corrected chi connectivity index (χ3v) is 4.66. The Balaban J connectivity index is 2.06. The first-order chi connectivity index (χ1) is 10.8. The molecule has 1 N–H and O–H groups in total. The summed E-state index contributed by atoms with van der Waals surface area (Å²) in [5.74, 6) is -0.547. The standard InChI is InChI=1S/C17H20FN3OS/c1-9-6-7-14(8-15(9)18)21-16(22)13(5)23-17-19-11(3)10(2)12(4)20-17/h6-8,13H,1-5H3,(H,21,22)/t13-/m1/s1. The summed E-state index contributed by atoms with van der Waals surface area (Å²) in [6.07, 6.45) is 0. The van der Waals surface area contributed by atoms with Crippen molar-refractivity contribution < 1.29 is 9.18 Å². The molecule has 0 saturated heterocycles. The zero-order valence-electron chi connectivity index (χ0n) is 13.9. The summed E-state index contributed by atoms with van der Waals surface area (Å²) in [4.78, 5) is 21.0. The van der Waals surface area contributed by atoms with Crippen LogP contribution in [0.3, 0.4) is 0 Å². The van der Waals surface area contributed by atoms with Crippen molar-refractivity contribution >= 4 is 23.4 Å². The Morgan fingerprint density at radius 3 is 2.35 bits per heavy atom. The van der Waals surface area contributed by atoms with Gasteiger partial charge >= 0.3 is 0 Å². The molecule has 0 unspecified atom stereocenters. The first-order valence-corrected chi connectivity index (χ1v) is 8.21. The Labute approximate surface area is 139 Å². The average molecular weight is 333 g/mol. The number of thioether (sulfide) groups is 1. The molecule has 0 bridgehead atoms. The minimum Gasteiger partial charge on any atom is -0.325 e. The number of hydrogen-bond acceptors (Lipinski definition) is 4. The van der Waals surface area contributed by atoms with E-state index in [1.165, 1.54) is 17.8 Å². The zero-order chi connectivity index (χ0) is 17.1. The Morgan fingerprint density at radius 1 is 1.17 bits per heavy atom. The highest BCUT2D eigenvalue weighted by Gasteiger charge is 2.17. The van der Waals surface area contributed by atoms with Crippen LogP contribution < -0.4 is 5.32 Å². The number of hydrogen-bond donors (Lipinski definition) is 1. The fourth-order valence-corrected chi connectivity index (χ4v) is 2.78. The molecule has 1 amide bonds. The molecular formula is C17H20FN3OS. The molecule has 1 atom stereocenters. The maximum absolute atomic E-state index is 13.5. The van der Waals surface area contributed by atoms with Gasteiger partial charge in [0.05, 0.1) is 5.25 Å². The molecular weight excluding hydrogens is 313 g/mol. The average Bonchev–Trinajstić information content (AvgIpc) is 2.48. The van der Waals surface area contributed by atoms with Gasteiger partial charge in [-0.05, 0) is 57.9 Å². The number of aromatic nitrogens is 2. The van der Waals surface area contributed by atoms with Gasteiger partial charge in [0.1, 0.15) is 5.82 Å². The summed E-state index contributed by atoms with van der Waals surface area (Å²) in [5, 5.41) is 2.90. The van der Waals surface area contributed by atoms with Crippen LogP contribution in [0.4, 0.5) is 10.1 Å². The van der Waals surface area contributed by atoms with Gasteiger partial charge < -0.3 is 5.32 Å². The van der Waals surface area contributed by atoms with Gasteiger partial charge in [0.25, 0.3) is 0 Å². The van der Waals surface area contributed by atoms with Crippen molar-refractivity contribution in [2.75, 3.05) is 5.32 Å². The molecule has 122 valence electrons. The molecule has 1 aromatic carbocycles. The molecule has 2 rings (SSSR count). The summed E-state index contributed by atoms with van der Waals surface area (Å²) in [6, 6.07) is 4.64. The number of benzene rings is 1. The van der Waals surface area contributed by atoms with Gasteiger partial charge in [-0.2, -0.15) is 0 Å². The molecule has 1 aromatic heterocycles. The summed E-state index contributed by atoms with van der Waals surface area (Å²) in [7, 11) is 0. The summed E-state index contributed by atoms with van der Waals surface area (Å²) in [6.45, 7) is 9.28. The summed E-state index contributed by atoms with van der Waals surface area (Å²) < 4.78 is 13.5. The lowest BCUT2D eigenvalue weighted by Gasteiger charge is -2.13. The molecule has 0 aliphatic heterocycles. The second kappa shape index (κ2) is 7.08. The molecule has 2 aromatic rings. The number of aryl methyl sites for hydroxylation is 3. The van der Waals surface area contributed by atoms with E-state index in [9.17, 15) is 9.18 Å². The van der Waals surface area contributed by atoms with Gasteiger partial charge in [-0.25, -0.2) is 14.4 Å². The van der Waals surface area contributed by atoms with Crippen LogP contribution >= 0.6 is 11.8 Å². The highest BCUT2D eigenvalue weighted by Crippen LogP contribution is 2.23. The number of nitrogens with zero attached hydrogens (tertiary/aromatic N) is 2. The zero-order valence-corrected chi connectivity index (χ0v) is 14.7. The molecule has 0 saturated carbocycles. The van der Waals surface area contributed by atoms with E-state index in [4.69, 9.17) is 0 Å². The molecule has 0 radical (unpaired) electrons. The largest absolute Gasteiger partial charge is 0.325 e. The SMILES string of the molecule is Cc1ccc(NC(=O)[C@@H](C)Sc2nc(C)c(C)c(C)n2)cc1F. The molecule has 0 aliphatic rings. The van der Waals surface area contributed by atoms with Crippen LogP contribution in [0.25, 0.3) is 0 Å². The Morgan fingerprint density at radius 2 is 1.78 bits per heavy atom. The first kappa shape index (κ1) is 17.4. The van der Waals surface area contributed by atoms with Crippen molar-refractivity contribution in [3.63, 3.8) is 0 Å². The minimum atomic E-state index is -0.388. The Kier molecular flexibility index (Phi) is 5.36. The van der Waals surface area contributed by atoms with Gasteiger partial charge in [-0.15, -0.1) is 0 Å². The number of amides is 1. The predicted octanol–water partition coefficient (Wildman–Crippen LogP) is 3.97. The quantitative estimate of drug-likeness (QED) is 0.679. The van der Waals surface area contributed by atoms with Crippen LogP contribution in [0.15, 0.2) is 23.4 Å². The molecule has 0 fully saturated rings. The van der Waals surface area contributed by atoms with Gasteiger partial charge in [0.2, 0.25) is 5.91 Å². The van der Waals surface area contributed by atoms with Crippen molar-refractivity contribution in [2.24, 2.45) is 0 Å². The van der Waals surface area contributed by atoms with Crippen molar-refractivity contribution in [1.29, 1.82) is 0 Å². The Hall–Kier alpha value is -1.95. The van der Waals surface area contributed by atoms with E-state index in [0.29, 0.717) is 16.4 Å². The fraction of sp³-hybridized carbons (Fsp3) is 0.353. The van der Waals surface area contributed by atoms with E-state index in [1.807, 2.05) is 20.8 Å². The van der Waals surface area contributed by atoms with Gasteiger partial charge in [-0.3, -0.25) is 4.79 Å². The van der Waals surface area contributed by atoms with Gasteiger partial charge in [-0.1, -0.05) is 17.8 Å². The second-order valence-electron chi connectivity index (χ2n) is 5.52. The normalized spacial score (nSPS) is 12.1. The topological polar surface area (TPSA) is 54.9 Å². The molecule has 6 heteroatoms.